The van der Waals surface area contributed by atoms with Crippen molar-refractivity contribution in [1.29, 1.82) is 0 Å². The fourth-order valence-electron chi connectivity index (χ4n) is 4.69. The highest BCUT2D eigenvalue weighted by molar-refractivity contribution is 6.31. The minimum atomic E-state index is -0.282. The standard InChI is InChI=1S/C24H26N2O4/c1-14-6-5-7-15(2)26(14)24(30)19-11-10-18-20(21(19)25-12-13-27)23(29)17-9-4-3-8-16(17)22(18)28/h3-4,8-11,14-15,25,27H,5-7,12-13H2,1-2H3/t14-,15-/m1/s1. The third kappa shape index (κ3) is 3.21. The van der Waals surface area contributed by atoms with Crippen molar-refractivity contribution >= 4 is 23.2 Å². The summed E-state index contributed by atoms with van der Waals surface area (Å²) in [5.41, 5.74) is 1.92. The van der Waals surface area contributed by atoms with Gasteiger partial charge >= 0.3 is 0 Å². The number of amides is 1. The zero-order chi connectivity index (χ0) is 21.4. The van der Waals surface area contributed by atoms with Gasteiger partial charge in [-0.2, -0.15) is 0 Å². The molecule has 1 heterocycles. The number of likely N-dealkylation sites (tertiary alicyclic amines) is 1. The summed E-state index contributed by atoms with van der Waals surface area (Å²) in [6, 6.07) is 10.2. The number of nitrogens with one attached hydrogen (secondary N) is 1. The zero-order valence-corrected chi connectivity index (χ0v) is 17.3. The second-order valence-electron chi connectivity index (χ2n) is 8.11. The first-order valence-electron chi connectivity index (χ1n) is 10.5. The summed E-state index contributed by atoms with van der Waals surface area (Å²) in [5, 5.41) is 12.4. The van der Waals surface area contributed by atoms with Crippen LogP contribution in [0.15, 0.2) is 36.4 Å². The molecule has 2 aliphatic rings. The molecule has 2 atom stereocenters. The first-order chi connectivity index (χ1) is 14.5. The molecule has 6 nitrogen and oxygen atoms in total. The third-order valence-corrected chi connectivity index (χ3v) is 6.17. The van der Waals surface area contributed by atoms with E-state index in [-0.39, 0.29) is 53.8 Å². The van der Waals surface area contributed by atoms with Crippen molar-refractivity contribution in [2.24, 2.45) is 0 Å². The first kappa shape index (κ1) is 20.3. The summed E-state index contributed by atoms with van der Waals surface area (Å²) < 4.78 is 0. The normalized spacial score (nSPS) is 20.6. The number of aliphatic hydroxyl groups is 1. The van der Waals surface area contributed by atoms with E-state index in [1.54, 1.807) is 36.4 Å². The smallest absolute Gasteiger partial charge is 0.256 e. The first-order valence-corrected chi connectivity index (χ1v) is 10.5. The topological polar surface area (TPSA) is 86.7 Å². The molecule has 1 amide bonds. The van der Waals surface area contributed by atoms with Crippen molar-refractivity contribution in [3.63, 3.8) is 0 Å². The SMILES string of the molecule is C[C@@H]1CCC[C@@H](C)N1C(=O)c1ccc2c(c1NCCO)C(=O)c1ccccc1C2=O. The molecule has 6 heteroatoms. The Hall–Kier alpha value is -2.99. The molecule has 0 radical (unpaired) electrons. The Morgan fingerprint density at radius 2 is 1.63 bits per heavy atom. The second-order valence-corrected chi connectivity index (χ2v) is 8.11. The van der Waals surface area contributed by atoms with Gasteiger partial charge in [-0.05, 0) is 45.2 Å². The van der Waals surface area contributed by atoms with Gasteiger partial charge in [0.05, 0.1) is 23.4 Å². The number of aliphatic hydroxyl groups excluding tert-OH is 1. The summed E-state index contributed by atoms with van der Waals surface area (Å²) in [6.07, 6.45) is 2.95. The third-order valence-electron chi connectivity index (χ3n) is 6.17. The van der Waals surface area contributed by atoms with E-state index in [4.69, 9.17) is 0 Å². The number of piperidine rings is 1. The molecular formula is C24H26N2O4. The minimum absolute atomic E-state index is 0.0982. The Morgan fingerprint density at radius 1 is 1.00 bits per heavy atom. The van der Waals surface area contributed by atoms with Crippen LogP contribution in [0.1, 0.15) is 75.3 Å². The van der Waals surface area contributed by atoms with Gasteiger partial charge in [-0.25, -0.2) is 0 Å². The number of carbonyl (C=O) groups is 3. The molecule has 1 aliphatic carbocycles. The molecule has 1 aliphatic heterocycles. The van der Waals surface area contributed by atoms with Crippen LogP contribution in [0.25, 0.3) is 0 Å². The Morgan fingerprint density at radius 3 is 2.27 bits per heavy atom. The maximum Gasteiger partial charge on any atom is 0.256 e. The van der Waals surface area contributed by atoms with Gasteiger partial charge in [0.15, 0.2) is 11.6 Å². The van der Waals surface area contributed by atoms with Crippen LogP contribution in [0, 0.1) is 0 Å². The molecule has 1 saturated heterocycles. The number of ketones is 2. The number of carbonyl (C=O) groups excluding carboxylic acids is 3. The van der Waals surface area contributed by atoms with Gasteiger partial charge in [0.2, 0.25) is 0 Å². The number of anilines is 1. The summed E-state index contributed by atoms with van der Waals surface area (Å²) in [5.74, 6) is -0.668. The van der Waals surface area contributed by atoms with E-state index in [0.29, 0.717) is 22.4 Å². The van der Waals surface area contributed by atoms with Crippen molar-refractivity contribution in [1.82, 2.24) is 4.90 Å². The molecule has 1 fully saturated rings. The molecule has 0 unspecified atom stereocenters. The predicted octanol–water partition coefficient (Wildman–Crippen LogP) is 3.27. The minimum Gasteiger partial charge on any atom is -0.395 e. The van der Waals surface area contributed by atoms with Crippen molar-refractivity contribution in [2.75, 3.05) is 18.5 Å². The largest absolute Gasteiger partial charge is 0.395 e. The predicted molar refractivity (Wildman–Crippen MR) is 114 cm³/mol. The van der Waals surface area contributed by atoms with Crippen LogP contribution in [0.4, 0.5) is 5.69 Å². The highest BCUT2D eigenvalue weighted by atomic mass is 16.3. The van der Waals surface area contributed by atoms with Crippen LogP contribution in [0.3, 0.4) is 0 Å². The van der Waals surface area contributed by atoms with E-state index in [1.165, 1.54) is 0 Å². The molecule has 0 bridgehead atoms. The van der Waals surface area contributed by atoms with Crippen molar-refractivity contribution in [3.05, 3.63) is 64.2 Å². The van der Waals surface area contributed by atoms with Crippen molar-refractivity contribution in [3.8, 4) is 0 Å². The van der Waals surface area contributed by atoms with E-state index in [0.717, 1.165) is 19.3 Å². The molecule has 0 saturated carbocycles. The number of fused-ring (bicyclic) bond motifs is 2. The average Bonchev–Trinajstić information content (AvgIpc) is 2.75. The van der Waals surface area contributed by atoms with Gasteiger partial charge in [0.25, 0.3) is 5.91 Å². The Bertz CT molecular complexity index is 1020. The van der Waals surface area contributed by atoms with Crippen LogP contribution < -0.4 is 5.32 Å². The van der Waals surface area contributed by atoms with Crippen LogP contribution >= 0.6 is 0 Å². The zero-order valence-electron chi connectivity index (χ0n) is 17.3. The number of nitrogens with zero attached hydrogens (tertiary/aromatic N) is 1. The highest BCUT2D eigenvalue weighted by Crippen LogP contribution is 2.36. The molecule has 156 valence electrons. The fraction of sp³-hybridized carbons (Fsp3) is 0.375. The van der Waals surface area contributed by atoms with Crippen LogP contribution in [-0.4, -0.2) is 52.7 Å². The molecule has 4 rings (SSSR count). The van der Waals surface area contributed by atoms with E-state index in [9.17, 15) is 19.5 Å². The maximum atomic E-state index is 13.6. The van der Waals surface area contributed by atoms with Gasteiger partial charge in [-0.1, -0.05) is 24.3 Å². The Kier molecular flexibility index (Phi) is 5.43. The van der Waals surface area contributed by atoms with Crippen LogP contribution in [0.2, 0.25) is 0 Å². The quantitative estimate of drug-likeness (QED) is 0.694. The van der Waals surface area contributed by atoms with E-state index in [2.05, 4.69) is 5.32 Å². The van der Waals surface area contributed by atoms with Gasteiger partial charge < -0.3 is 15.3 Å². The molecule has 2 aromatic carbocycles. The number of rotatable bonds is 4. The molecule has 0 aromatic heterocycles. The van der Waals surface area contributed by atoms with Crippen LogP contribution in [0.5, 0.6) is 0 Å². The lowest BCUT2D eigenvalue weighted by Gasteiger charge is -2.39. The summed E-state index contributed by atoms with van der Waals surface area (Å²) >= 11 is 0. The van der Waals surface area contributed by atoms with Gasteiger partial charge in [0, 0.05) is 35.3 Å². The molecule has 30 heavy (non-hydrogen) atoms. The van der Waals surface area contributed by atoms with E-state index >= 15 is 0 Å². The number of hydrogen-bond acceptors (Lipinski definition) is 5. The Balaban J connectivity index is 1.86. The van der Waals surface area contributed by atoms with Gasteiger partial charge in [-0.15, -0.1) is 0 Å². The fourth-order valence-corrected chi connectivity index (χ4v) is 4.69. The van der Waals surface area contributed by atoms with Gasteiger partial charge in [0.1, 0.15) is 0 Å². The average molecular weight is 406 g/mol. The van der Waals surface area contributed by atoms with E-state index in [1.807, 2.05) is 18.7 Å². The lowest BCUT2D eigenvalue weighted by Crippen LogP contribution is -2.47. The maximum absolute atomic E-state index is 13.6. The monoisotopic (exact) mass is 406 g/mol. The number of benzene rings is 2. The molecule has 0 spiro atoms. The summed E-state index contributed by atoms with van der Waals surface area (Å²) in [7, 11) is 0. The van der Waals surface area contributed by atoms with Gasteiger partial charge in [-0.3, -0.25) is 14.4 Å². The second kappa shape index (κ2) is 8.03. The summed E-state index contributed by atoms with van der Waals surface area (Å²) in [4.78, 5) is 41.8. The Labute approximate surface area is 175 Å². The van der Waals surface area contributed by atoms with Crippen molar-refractivity contribution in [2.45, 2.75) is 45.2 Å². The number of hydrogen-bond donors (Lipinski definition) is 2. The molecular weight excluding hydrogens is 380 g/mol. The van der Waals surface area contributed by atoms with E-state index < -0.39 is 0 Å². The summed E-state index contributed by atoms with van der Waals surface area (Å²) in [6.45, 7) is 4.09. The molecule has 2 N–H and O–H groups in total. The molecule has 2 aromatic rings. The lowest BCUT2D eigenvalue weighted by molar-refractivity contribution is 0.0511. The highest BCUT2D eigenvalue weighted by Gasteiger charge is 2.36. The van der Waals surface area contributed by atoms with Crippen LogP contribution in [-0.2, 0) is 0 Å². The van der Waals surface area contributed by atoms with Crippen molar-refractivity contribution < 1.29 is 19.5 Å². The lowest BCUT2D eigenvalue weighted by atomic mass is 9.81.